The smallest absolute Gasteiger partial charge is 0.106 e. The third-order valence-corrected chi connectivity index (χ3v) is 3.13. The molecular weight excluding hydrogens is 210 g/mol. The van der Waals surface area contributed by atoms with Crippen LogP contribution in [0.3, 0.4) is 0 Å². The molecule has 17 heavy (non-hydrogen) atoms. The summed E-state index contributed by atoms with van der Waals surface area (Å²) in [6.07, 6.45) is 1.03. The van der Waals surface area contributed by atoms with E-state index >= 15 is 0 Å². The van der Waals surface area contributed by atoms with E-state index in [2.05, 4.69) is 31.2 Å². The van der Waals surface area contributed by atoms with E-state index in [1.54, 1.807) is 0 Å². The molecule has 0 saturated carbocycles. The van der Waals surface area contributed by atoms with Gasteiger partial charge in [-0.25, -0.2) is 0 Å². The Kier molecular flexibility index (Phi) is 3.34. The zero-order valence-corrected chi connectivity index (χ0v) is 10.7. The Bertz CT molecular complexity index is 513. The quantitative estimate of drug-likeness (QED) is 0.874. The summed E-state index contributed by atoms with van der Waals surface area (Å²) in [6.45, 7) is 6.06. The highest BCUT2D eigenvalue weighted by Crippen LogP contribution is 2.25. The average Bonchev–Trinajstić information content (AvgIpc) is 2.67. The Hall–Kier alpha value is -1.54. The van der Waals surface area contributed by atoms with Crippen molar-refractivity contribution in [2.75, 3.05) is 0 Å². The van der Waals surface area contributed by atoms with Gasteiger partial charge in [0.15, 0.2) is 0 Å². The summed E-state index contributed by atoms with van der Waals surface area (Å²) in [6, 6.07) is 10.4. The van der Waals surface area contributed by atoms with Crippen molar-refractivity contribution in [2.45, 2.75) is 33.2 Å². The molecule has 2 N–H and O–H groups in total. The Morgan fingerprint density at radius 1 is 1.24 bits per heavy atom. The highest BCUT2D eigenvalue weighted by atomic mass is 16.3. The predicted molar refractivity (Wildman–Crippen MR) is 70.0 cm³/mol. The molecule has 0 aliphatic carbocycles. The van der Waals surface area contributed by atoms with Gasteiger partial charge in [0.25, 0.3) is 0 Å². The van der Waals surface area contributed by atoms with Crippen LogP contribution in [0, 0.1) is 13.8 Å². The molecule has 1 aromatic carbocycles. The van der Waals surface area contributed by atoms with Gasteiger partial charge in [0.1, 0.15) is 11.5 Å². The molecule has 2 nitrogen and oxygen atoms in total. The van der Waals surface area contributed by atoms with E-state index < -0.39 is 0 Å². The van der Waals surface area contributed by atoms with Crippen LogP contribution >= 0.6 is 0 Å². The molecule has 1 unspecified atom stereocenters. The lowest BCUT2D eigenvalue weighted by Crippen LogP contribution is -2.12. The van der Waals surface area contributed by atoms with Crippen LogP contribution in [0.2, 0.25) is 0 Å². The van der Waals surface area contributed by atoms with Gasteiger partial charge in [-0.2, -0.15) is 0 Å². The van der Waals surface area contributed by atoms with Crippen molar-refractivity contribution in [1.82, 2.24) is 0 Å². The summed E-state index contributed by atoms with van der Waals surface area (Å²) in [4.78, 5) is 0. The van der Waals surface area contributed by atoms with E-state index in [4.69, 9.17) is 10.2 Å². The number of benzene rings is 1. The molecule has 2 rings (SSSR count). The molecule has 0 saturated heterocycles. The van der Waals surface area contributed by atoms with E-state index in [9.17, 15) is 0 Å². The number of nitrogens with two attached hydrogens (primary N) is 1. The van der Waals surface area contributed by atoms with Crippen molar-refractivity contribution in [3.63, 3.8) is 0 Å². The monoisotopic (exact) mass is 229 g/mol. The predicted octanol–water partition coefficient (Wildman–Crippen LogP) is 3.51. The molecule has 2 heteroatoms. The summed E-state index contributed by atoms with van der Waals surface area (Å²) >= 11 is 0. The fourth-order valence-electron chi connectivity index (χ4n) is 2.15. The van der Waals surface area contributed by atoms with Crippen LogP contribution in [-0.2, 0) is 6.42 Å². The Balaban J connectivity index is 2.36. The van der Waals surface area contributed by atoms with Crippen LogP contribution in [0.25, 0.3) is 0 Å². The van der Waals surface area contributed by atoms with Crippen molar-refractivity contribution in [3.8, 4) is 0 Å². The van der Waals surface area contributed by atoms with Gasteiger partial charge in [0.2, 0.25) is 0 Å². The molecule has 0 amide bonds. The first-order valence-electron chi connectivity index (χ1n) is 6.03. The summed E-state index contributed by atoms with van der Waals surface area (Å²) in [5, 5.41) is 0. The van der Waals surface area contributed by atoms with Crippen LogP contribution in [0.4, 0.5) is 0 Å². The first kappa shape index (κ1) is 11.9. The lowest BCUT2D eigenvalue weighted by atomic mass is 9.97. The molecule has 0 aliphatic heterocycles. The minimum atomic E-state index is -0.0982. The number of furan rings is 1. The Morgan fingerprint density at radius 2 is 2.00 bits per heavy atom. The van der Waals surface area contributed by atoms with Crippen molar-refractivity contribution >= 4 is 0 Å². The van der Waals surface area contributed by atoms with E-state index in [0.29, 0.717) is 0 Å². The number of aryl methyl sites for hydroxylation is 3. The molecule has 1 heterocycles. The molecule has 0 aliphatic rings. The lowest BCUT2D eigenvalue weighted by molar-refractivity contribution is 0.499. The molecule has 0 fully saturated rings. The SMILES string of the molecule is CCc1cccc(C(N)c2cc(C)oc2C)c1. The van der Waals surface area contributed by atoms with Gasteiger partial charge < -0.3 is 10.2 Å². The third kappa shape index (κ3) is 2.42. The van der Waals surface area contributed by atoms with Gasteiger partial charge in [-0.3, -0.25) is 0 Å². The minimum absolute atomic E-state index is 0.0982. The van der Waals surface area contributed by atoms with Gasteiger partial charge in [-0.05, 0) is 37.5 Å². The van der Waals surface area contributed by atoms with Crippen LogP contribution < -0.4 is 5.73 Å². The second kappa shape index (κ2) is 4.76. The van der Waals surface area contributed by atoms with Crippen LogP contribution in [-0.4, -0.2) is 0 Å². The second-order valence-electron chi connectivity index (χ2n) is 4.44. The summed E-state index contributed by atoms with van der Waals surface area (Å²) in [5.41, 5.74) is 9.84. The normalized spacial score (nSPS) is 12.7. The molecule has 0 radical (unpaired) electrons. The second-order valence-corrected chi connectivity index (χ2v) is 4.44. The third-order valence-electron chi connectivity index (χ3n) is 3.13. The molecule has 2 aromatic rings. The van der Waals surface area contributed by atoms with Crippen molar-refractivity contribution in [3.05, 3.63) is 58.5 Å². The molecule has 1 aromatic heterocycles. The molecule has 0 bridgehead atoms. The van der Waals surface area contributed by atoms with Crippen LogP contribution in [0.5, 0.6) is 0 Å². The highest BCUT2D eigenvalue weighted by Gasteiger charge is 2.15. The van der Waals surface area contributed by atoms with Gasteiger partial charge in [0.05, 0.1) is 6.04 Å². The van der Waals surface area contributed by atoms with Crippen molar-refractivity contribution < 1.29 is 4.42 Å². The lowest BCUT2D eigenvalue weighted by Gasteiger charge is -2.12. The summed E-state index contributed by atoms with van der Waals surface area (Å²) in [7, 11) is 0. The number of hydrogen-bond donors (Lipinski definition) is 1. The molecular formula is C15H19NO. The largest absolute Gasteiger partial charge is 0.466 e. The maximum atomic E-state index is 6.29. The van der Waals surface area contributed by atoms with Crippen LogP contribution in [0.15, 0.2) is 34.7 Å². The maximum Gasteiger partial charge on any atom is 0.106 e. The molecule has 90 valence electrons. The van der Waals surface area contributed by atoms with E-state index in [1.807, 2.05) is 19.9 Å². The zero-order chi connectivity index (χ0) is 12.4. The number of hydrogen-bond acceptors (Lipinski definition) is 2. The standard InChI is InChI=1S/C15H19NO/c1-4-12-6-5-7-13(9-12)15(16)14-8-10(2)17-11(14)3/h5-9,15H,4,16H2,1-3H3. The summed E-state index contributed by atoms with van der Waals surface area (Å²) < 4.78 is 5.53. The topological polar surface area (TPSA) is 39.2 Å². The van der Waals surface area contributed by atoms with Crippen LogP contribution in [0.1, 0.15) is 41.2 Å². The minimum Gasteiger partial charge on any atom is -0.466 e. The highest BCUT2D eigenvalue weighted by molar-refractivity contribution is 5.35. The van der Waals surface area contributed by atoms with Gasteiger partial charge in [0, 0.05) is 5.56 Å². The maximum absolute atomic E-state index is 6.29. The van der Waals surface area contributed by atoms with Crippen molar-refractivity contribution in [1.29, 1.82) is 0 Å². The Morgan fingerprint density at radius 3 is 2.59 bits per heavy atom. The summed E-state index contributed by atoms with van der Waals surface area (Å²) in [5.74, 6) is 1.83. The van der Waals surface area contributed by atoms with E-state index in [0.717, 1.165) is 29.1 Å². The van der Waals surface area contributed by atoms with Gasteiger partial charge in [-0.1, -0.05) is 31.2 Å². The Labute approximate surface area is 102 Å². The fourth-order valence-corrected chi connectivity index (χ4v) is 2.15. The number of rotatable bonds is 3. The zero-order valence-electron chi connectivity index (χ0n) is 10.7. The molecule has 0 spiro atoms. The van der Waals surface area contributed by atoms with Gasteiger partial charge in [-0.15, -0.1) is 0 Å². The average molecular weight is 229 g/mol. The first-order valence-corrected chi connectivity index (χ1v) is 6.03. The van der Waals surface area contributed by atoms with E-state index in [1.165, 1.54) is 5.56 Å². The van der Waals surface area contributed by atoms with Gasteiger partial charge >= 0.3 is 0 Å². The first-order chi connectivity index (χ1) is 8.11. The fraction of sp³-hybridized carbons (Fsp3) is 0.333. The van der Waals surface area contributed by atoms with Crippen molar-refractivity contribution in [2.24, 2.45) is 5.73 Å². The van der Waals surface area contributed by atoms with E-state index in [-0.39, 0.29) is 6.04 Å². The molecule has 1 atom stereocenters.